The lowest BCUT2D eigenvalue weighted by atomic mass is 10.1. The first-order valence-electron chi connectivity index (χ1n) is 6.43. The molecule has 0 bridgehead atoms. The number of fused-ring (bicyclic) bond motifs is 1. The highest BCUT2D eigenvalue weighted by Crippen LogP contribution is 2.23. The van der Waals surface area contributed by atoms with Crippen molar-refractivity contribution in [1.29, 1.82) is 0 Å². The van der Waals surface area contributed by atoms with Crippen LogP contribution in [0.4, 0.5) is 5.69 Å². The van der Waals surface area contributed by atoms with E-state index in [4.69, 9.17) is 23.2 Å². The number of aromatic amines is 1. The number of anilines is 1. The molecule has 3 rings (SSSR count). The van der Waals surface area contributed by atoms with Crippen molar-refractivity contribution < 1.29 is 0 Å². The molecule has 0 aliphatic carbocycles. The molecule has 0 saturated carbocycles. The topological polar surface area (TPSA) is 44.9 Å². The van der Waals surface area contributed by atoms with E-state index >= 15 is 0 Å². The number of rotatable bonds is 3. The van der Waals surface area contributed by atoms with Gasteiger partial charge in [0, 0.05) is 28.7 Å². The Morgan fingerprint density at radius 3 is 2.67 bits per heavy atom. The fourth-order valence-electron chi connectivity index (χ4n) is 2.26. The largest absolute Gasteiger partial charge is 0.381 e. The number of para-hydroxylation sites is 1. The van der Waals surface area contributed by atoms with Crippen molar-refractivity contribution in [3.63, 3.8) is 0 Å². The van der Waals surface area contributed by atoms with Crippen LogP contribution in [-0.4, -0.2) is 4.98 Å². The molecule has 21 heavy (non-hydrogen) atoms. The zero-order chi connectivity index (χ0) is 14.8. The van der Waals surface area contributed by atoms with Crippen molar-refractivity contribution >= 4 is 39.8 Å². The minimum Gasteiger partial charge on any atom is -0.381 e. The van der Waals surface area contributed by atoms with Crippen molar-refractivity contribution in [2.45, 2.75) is 6.54 Å². The zero-order valence-corrected chi connectivity index (χ0v) is 12.5. The van der Waals surface area contributed by atoms with Crippen LogP contribution in [0.25, 0.3) is 10.9 Å². The summed E-state index contributed by atoms with van der Waals surface area (Å²) >= 11 is 12.1. The van der Waals surface area contributed by atoms with Crippen LogP contribution in [0.15, 0.2) is 53.3 Å². The van der Waals surface area contributed by atoms with Gasteiger partial charge in [0.2, 0.25) is 5.56 Å². The third-order valence-electron chi connectivity index (χ3n) is 3.22. The molecule has 0 fully saturated rings. The normalized spacial score (nSPS) is 10.8. The van der Waals surface area contributed by atoms with E-state index in [0.717, 1.165) is 16.6 Å². The monoisotopic (exact) mass is 318 g/mol. The first-order valence-corrected chi connectivity index (χ1v) is 7.19. The summed E-state index contributed by atoms with van der Waals surface area (Å²) in [5, 5.41) is 5.39. The number of pyridine rings is 1. The van der Waals surface area contributed by atoms with Gasteiger partial charge in [-0.15, -0.1) is 0 Å². The first kappa shape index (κ1) is 14.0. The minimum atomic E-state index is -0.168. The molecule has 5 heteroatoms. The van der Waals surface area contributed by atoms with Crippen molar-refractivity contribution in [1.82, 2.24) is 4.98 Å². The smallest absolute Gasteiger partial charge is 0.248 e. The van der Waals surface area contributed by atoms with Gasteiger partial charge in [0.05, 0.1) is 10.5 Å². The number of halogens is 2. The summed E-state index contributed by atoms with van der Waals surface area (Å²) in [5.41, 5.74) is 2.28. The van der Waals surface area contributed by atoms with E-state index in [1.165, 1.54) is 0 Å². The number of H-pyrrole nitrogens is 1. The highest BCUT2D eigenvalue weighted by Gasteiger charge is 2.06. The molecule has 1 heterocycles. The molecule has 3 aromatic rings. The van der Waals surface area contributed by atoms with Crippen LogP contribution in [0.1, 0.15) is 5.56 Å². The van der Waals surface area contributed by atoms with Gasteiger partial charge in [0.25, 0.3) is 0 Å². The summed E-state index contributed by atoms with van der Waals surface area (Å²) in [6, 6.07) is 14.6. The second kappa shape index (κ2) is 5.80. The second-order valence-electron chi connectivity index (χ2n) is 4.69. The SMILES string of the molecule is O=c1cc(CNc2cccc(Cl)c2)c2cccc(Cl)c2[nH]1. The summed E-state index contributed by atoms with van der Waals surface area (Å²) < 4.78 is 0. The molecule has 2 N–H and O–H groups in total. The van der Waals surface area contributed by atoms with Crippen LogP contribution in [-0.2, 0) is 6.54 Å². The molecular formula is C16H12Cl2N2O. The first-order chi connectivity index (χ1) is 10.1. The third-order valence-corrected chi connectivity index (χ3v) is 3.77. The molecule has 0 saturated heterocycles. The Labute approximate surface area is 131 Å². The van der Waals surface area contributed by atoms with Gasteiger partial charge in [-0.2, -0.15) is 0 Å². The van der Waals surface area contributed by atoms with E-state index in [1.807, 2.05) is 36.4 Å². The van der Waals surface area contributed by atoms with Gasteiger partial charge in [-0.1, -0.05) is 41.4 Å². The molecule has 0 radical (unpaired) electrons. The van der Waals surface area contributed by atoms with Gasteiger partial charge in [0.1, 0.15) is 0 Å². The van der Waals surface area contributed by atoms with Crippen LogP contribution in [0.3, 0.4) is 0 Å². The van der Waals surface area contributed by atoms with Crippen LogP contribution in [0.5, 0.6) is 0 Å². The lowest BCUT2D eigenvalue weighted by Crippen LogP contribution is -2.09. The Bertz CT molecular complexity index is 858. The van der Waals surface area contributed by atoms with E-state index in [1.54, 1.807) is 12.1 Å². The molecule has 3 nitrogen and oxygen atoms in total. The Balaban J connectivity index is 1.97. The van der Waals surface area contributed by atoms with Crippen LogP contribution in [0.2, 0.25) is 10.0 Å². The fourth-order valence-corrected chi connectivity index (χ4v) is 2.67. The van der Waals surface area contributed by atoms with Crippen molar-refractivity contribution in [2.75, 3.05) is 5.32 Å². The molecule has 0 amide bonds. The van der Waals surface area contributed by atoms with Gasteiger partial charge >= 0.3 is 0 Å². The standard InChI is InChI=1S/C16H12Cl2N2O/c17-11-3-1-4-12(8-11)19-9-10-7-15(21)20-16-13(10)5-2-6-14(16)18/h1-8,19H,9H2,(H,20,21). The predicted molar refractivity (Wildman–Crippen MR) is 88.4 cm³/mol. The Hall–Kier alpha value is -1.97. The Kier molecular flexibility index (Phi) is 3.86. The van der Waals surface area contributed by atoms with Gasteiger partial charge in [-0.25, -0.2) is 0 Å². The average molecular weight is 319 g/mol. The fraction of sp³-hybridized carbons (Fsp3) is 0.0625. The lowest BCUT2D eigenvalue weighted by molar-refractivity contribution is 1.14. The molecule has 106 valence electrons. The van der Waals surface area contributed by atoms with E-state index in [9.17, 15) is 4.79 Å². The number of hydrogen-bond donors (Lipinski definition) is 2. The van der Waals surface area contributed by atoms with Crippen molar-refractivity contribution in [3.05, 3.63) is 74.5 Å². The Morgan fingerprint density at radius 1 is 1.05 bits per heavy atom. The molecule has 2 aromatic carbocycles. The third kappa shape index (κ3) is 3.04. The van der Waals surface area contributed by atoms with Crippen molar-refractivity contribution in [3.8, 4) is 0 Å². The van der Waals surface area contributed by atoms with E-state index in [2.05, 4.69) is 10.3 Å². The highest BCUT2D eigenvalue weighted by atomic mass is 35.5. The van der Waals surface area contributed by atoms with Gasteiger partial charge in [0.15, 0.2) is 0 Å². The molecular weight excluding hydrogens is 307 g/mol. The summed E-state index contributed by atoms with van der Waals surface area (Å²) in [7, 11) is 0. The molecule has 0 unspecified atom stereocenters. The van der Waals surface area contributed by atoms with Crippen LogP contribution < -0.4 is 10.9 Å². The average Bonchev–Trinajstić information content (AvgIpc) is 2.46. The molecule has 0 aliphatic heterocycles. The van der Waals surface area contributed by atoms with Gasteiger partial charge < -0.3 is 10.3 Å². The summed E-state index contributed by atoms with van der Waals surface area (Å²) in [6.45, 7) is 0.515. The summed E-state index contributed by atoms with van der Waals surface area (Å²) in [5.74, 6) is 0. The van der Waals surface area contributed by atoms with E-state index in [-0.39, 0.29) is 5.56 Å². The molecule has 0 atom stereocenters. The van der Waals surface area contributed by atoms with Gasteiger partial charge in [-0.05, 0) is 29.8 Å². The van der Waals surface area contributed by atoms with Gasteiger partial charge in [-0.3, -0.25) is 4.79 Å². The second-order valence-corrected chi connectivity index (χ2v) is 5.53. The lowest BCUT2D eigenvalue weighted by Gasteiger charge is -2.10. The van der Waals surface area contributed by atoms with E-state index in [0.29, 0.717) is 22.1 Å². The number of benzene rings is 2. The summed E-state index contributed by atoms with van der Waals surface area (Å²) in [4.78, 5) is 14.5. The number of aromatic nitrogens is 1. The highest BCUT2D eigenvalue weighted by molar-refractivity contribution is 6.35. The molecule has 1 aromatic heterocycles. The minimum absolute atomic E-state index is 0.168. The van der Waals surface area contributed by atoms with Crippen molar-refractivity contribution in [2.24, 2.45) is 0 Å². The predicted octanol–water partition coefficient (Wildman–Crippen LogP) is 4.45. The quantitative estimate of drug-likeness (QED) is 0.749. The maximum absolute atomic E-state index is 11.8. The van der Waals surface area contributed by atoms with Crippen LogP contribution in [0, 0.1) is 0 Å². The maximum atomic E-state index is 11.8. The number of nitrogens with one attached hydrogen (secondary N) is 2. The zero-order valence-electron chi connectivity index (χ0n) is 11.0. The number of hydrogen-bond acceptors (Lipinski definition) is 2. The Morgan fingerprint density at radius 2 is 1.86 bits per heavy atom. The molecule has 0 spiro atoms. The molecule has 0 aliphatic rings. The van der Waals surface area contributed by atoms with E-state index < -0.39 is 0 Å². The maximum Gasteiger partial charge on any atom is 0.248 e. The summed E-state index contributed by atoms with van der Waals surface area (Å²) in [6.07, 6.45) is 0. The van der Waals surface area contributed by atoms with Crippen LogP contribution >= 0.6 is 23.2 Å².